The van der Waals surface area contributed by atoms with Crippen LogP contribution in [0.2, 0.25) is 0 Å². The maximum absolute atomic E-state index is 11.3. The van der Waals surface area contributed by atoms with Gasteiger partial charge in [0.1, 0.15) is 17.4 Å². The zero-order valence-corrected chi connectivity index (χ0v) is 11.4. The minimum Gasteiger partial charge on any atom is -0.481 e. The van der Waals surface area contributed by atoms with Crippen molar-refractivity contribution < 1.29 is 19.1 Å². The maximum Gasteiger partial charge on any atom is 0.155 e. The van der Waals surface area contributed by atoms with Gasteiger partial charge in [-0.3, -0.25) is 9.59 Å². The van der Waals surface area contributed by atoms with Crippen molar-refractivity contribution in [1.29, 1.82) is 0 Å². The lowest BCUT2D eigenvalue weighted by Gasteiger charge is -2.16. The van der Waals surface area contributed by atoms with Gasteiger partial charge in [0.2, 0.25) is 0 Å². The zero-order valence-electron chi connectivity index (χ0n) is 9.81. The number of hydrogen-bond acceptors (Lipinski definition) is 6. The summed E-state index contributed by atoms with van der Waals surface area (Å²) in [5.41, 5.74) is 0.984. The van der Waals surface area contributed by atoms with Crippen LogP contribution >= 0.6 is 23.5 Å². The van der Waals surface area contributed by atoms with Crippen molar-refractivity contribution >= 4 is 36.1 Å². The lowest BCUT2D eigenvalue weighted by molar-refractivity contribution is 0.110. The highest BCUT2D eigenvalue weighted by Gasteiger charge is 2.39. The summed E-state index contributed by atoms with van der Waals surface area (Å²) in [6.07, 6.45) is 1.55. The Balaban J connectivity index is 2.33. The Bertz CT molecular complexity index is 519. The van der Waals surface area contributed by atoms with Gasteiger partial charge in [-0.05, 0) is 13.8 Å². The van der Waals surface area contributed by atoms with Crippen LogP contribution in [0.25, 0.3) is 0 Å². The molecule has 2 aliphatic rings. The third-order valence-electron chi connectivity index (χ3n) is 2.73. The Morgan fingerprint density at radius 1 is 1.11 bits per heavy atom. The summed E-state index contributed by atoms with van der Waals surface area (Å²) in [5.74, 6) is 1.46. The van der Waals surface area contributed by atoms with Crippen molar-refractivity contribution in [2.75, 3.05) is 5.94 Å². The first kappa shape index (κ1) is 11.9. The van der Waals surface area contributed by atoms with Crippen LogP contribution < -0.4 is 9.47 Å². The highest BCUT2D eigenvalue weighted by Crippen LogP contribution is 2.56. The fourth-order valence-corrected chi connectivity index (χ4v) is 4.06. The maximum atomic E-state index is 11.3. The Hall–Kier alpha value is -1.14. The fraction of sp³-hybridized carbons (Fsp3) is 0.333. The molecule has 18 heavy (non-hydrogen) atoms. The standard InChI is InChI=1S/C12H10O4S2/c1-12(2)16-9-7(4-14)10-8(15-5-17-10)6(3-13)11(9)18-12/h3-4H,5H2,1-2H3. The van der Waals surface area contributed by atoms with Gasteiger partial charge in [0.25, 0.3) is 0 Å². The van der Waals surface area contributed by atoms with E-state index in [4.69, 9.17) is 9.47 Å². The molecule has 3 rings (SSSR count). The highest BCUT2D eigenvalue weighted by molar-refractivity contribution is 8.01. The van der Waals surface area contributed by atoms with E-state index in [2.05, 4.69) is 0 Å². The summed E-state index contributed by atoms with van der Waals surface area (Å²) in [6.45, 7) is 3.81. The molecule has 0 bridgehead atoms. The molecule has 0 fully saturated rings. The van der Waals surface area contributed by atoms with Gasteiger partial charge in [-0.1, -0.05) is 23.5 Å². The minimum atomic E-state index is -0.475. The largest absolute Gasteiger partial charge is 0.481 e. The molecule has 0 aliphatic carbocycles. The van der Waals surface area contributed by atoms with Crippen molar-refractivity contribution in [3.05, 3.63) is 11.1 Å². The summed E-state index contributed by atoms with van der Waals surface area (Å²) < 4.78 is 11.2. The van der Waals surface area contributed by atoms with E-state index >= 15 is 0 Å². The number of hydrogen-bond donors (Lipinski definition) is 0. The minimum absolute atomic E-state index is 0.425. The monoisotopic (exact) mass is 282 g/mol. The third kappa shape index (κ3) is 1.55. The lowest BCUT2D eigenvalue weighted by atomic mass is 10.1. The van der Waals surface area contributed by atoms with Crippen LogP contribution in [0.5, 0.6) is 11.5 Å². The molecule has 0 amide bonds. The molecule has 1 aromatic rings. The Labute approximate surface area is 112 Å². The molecule has 6 heteroatoms. The molecule has 2 heterocycles. The molecule has 0 aromatic heterocycles. The van der Waals surface area contributed by atoms with Crippen LogP contribution in [0, 0.1) is 0 Å². The van der Waals surface area contributed by atoms with Crippen molar-refractivity contribution in [3.63, 3.8) is 0 Å². The predicted octanol–water partition coefficient (Wildman–Crippen LogP) is 2.97. The molecule has 0 radical (unpaired) electrons. The van der Waals surface area contributed by atoms with Crippen LogP contribution in [0.4, 0.5) is 0 Å². The third-order valence-corrected chi connectivity index (χ3v) is 4.84. The van der Waals surface area contributed by atoms with Crippen LogP contribution in [0.1, 0.15) is 34.6 Å². The highest BCUT2D eigenvalue weighted by atomic mass is 32.2. The van der Waals surface area contributed by atoms with E-state index in [1.807, 2.05) is 13.8 Å². The molecule has 0 unspecified atom stereocenters. The number of aldehydes is 2. The number of ether oxygens (including phenoxy) is 2. The van der Waals surface area contributed by atoms with Gasteiger partial charge in [-0.15, -0.1) is 0 Å². The Morgan fingerprint density at radius 3 is 2.44 bits per heavy atom. The van der Waals surface area contributed by atoms with Gasteiger partial charge in [-0.25, -0.2) is 0 Å². The number of rotatable bonds is 2. The van der Waals surface area contributed by atoms with Gasteiger partial charge in [0.05, 0.1) is 20.9 Å². The lowest BCUT2D eigenvalue weighted by Crippen LogP contribution is -2.18. The topological polar surface area (TPSA) is 52.6 Å². The average Bonchev–Trinajstić information content (AvgIpc) is 2.88. The van der Waals surface area contributed by atoms with Gasteiger partial charge >= 0.3 is 0 Å². The SMILES string of the molecule is CC1(C)Oc2c(C=O)c3c(c(C=O)c2S1)OCS3. The smallest absolute Gasteiger partial charge is 0.155 e. The van der Waals surface area contributed by atoms with Crippen molar-refractivity contribution in [3.8, 4) is 11.5 Å². The first-order chi connectivity index (χ1) is 8.57. The summed E-state index contributed by atoms with van der Waals surface area (Å²) in [5, 5.41) is 0. The quantitative estimate of drug-likeness (QED) is 0.777. The second kappa shape index (κ2) is 3.93. The molecule has 0 spiro atoms. The van der Waals surface area contributed by atoms with Crippen LogP contribution in [-0.4, -0.2) is 23.4 Å². The summed E-state index contributed by atoms with van der Waals surface area (Å²) in [4.78, 5) is 23.5. The van der Waals surface area contributed by atoms with Crippen LogP contribution in [0.15, 0.2) is 9.79 Å². The van der Waals surface area contributed by atoms with Crippen molar-refractivity contribution in [2.45, 2.75) is 28.6 Å². The first-order valence-electron chi connectivity index (χ1n) is 5.35. The molecule has 2 aliphatic heterocycles. The van der Waals surface area contributed by atoms with E-state index in [1.165, 1.54) is 23.5 Å². The molecule has 0 saturated heterocycles. The number of thioether (sulfide) groups is 2. The van der Waals surface area contributed by atoms with E-state index in [1.54, 1.807) is 0 Å². The molecule has 94 valence electrons. The van der Waals surface area contributed by atoms with E-state index < -0.39 is 4.93 Å². The number of benzene rings is 1. The van der Waals surface area contributed by atoms with E-state index in [0.29, 0.717) is 38.4 Å². The number of carbonyl (C=O) groups excluding carboxylic acids is 2. The van der Waals surface area contributed by atoms with Crippen LogP contribution in [-0.2, 0) is 0 Å². The Kier molecular flexibility index (Phi) is 2.60. The fourth-order valence-electron chi connectivity index (χ4n) is 2.06. The van der Waals surface area contributed by atoms with Gasteiger partial charge < -0.3 is 9.47 Å². The average molecular weight is 282 g/mol. The van der Waals surface area contributed by atoms with Crippen molar-refractivity contribution in [2.24, 2.45) is 0 Å². The molecule has 1 aromatic carbocycles. The Morgan fingerprint density at radius 2 is 1.78 bits per heavy atom. The van der Waals surface area contributed by atoms with Gasteiger partial charge in [-0.2, -0.15) is 0 Å². The molecular weight excluding hydrogens is 272 g/mol. The number of carbonyl (C=O) groups is 2. The predicted molar refractivity (Wildman–Crippen MR) is 69.1 cm³/mol. The molecule has 0 atom stereocenters. The second-order valence-electron chi connectivity index (χ2n) is 4.39. The van der Waals surface area contributed by atoms with Gasteiger partial charge in [0, 0.05) is 0 Å². The molecular formula is C12H10O4S2. The van der Waals surface area contributed by atoms with E-state index in [9.17, 15) is 9.59 Å². The first-order valence-corrected chi connectivity index (χ1v) is 7.15. The molecule has 0 saturated carbocycles. The zero-order chi connectivity index (χ0) is 12.9. The summed E-state index contributed by atoms with van der Waals surface area (Å²) in [7, 11) is 0. The molecule has 0 N–H and O–H groups in total. The van der Waals surface area contributed by atoms with Crippen molar-refractivity contribution in [1.82, 2.24) is 0 Å². The van der Waals surface area contributed by atoms with Crippen LogP contribution in [0.3, 0.4) is 0 Å². The summed E-state index contributed by atoms with van der Waals surface area (Å²) in [6, 6.07) is 0. The second-order valence-corrected chi connectivity index (χ2v) is 6.92. The summed E-state index contributed by atoms with van der Waals surface area (Å²) >= 11 is 2.85. The van der Waals surface area contributed by atoms with Gasteiger partial charge in [0.15, 0.2) is 17.5 Å². The number of fused-ring (bicyclic) bond motifs is 2. The van der Waals surface area contributed by atoms with E-state index in [0.717, 1.165) is 12.6 Å². The molecule has 4 nitrogen and oxygen atoms in total. The normalized spacial score (nSPS) is 18.6. The van der Waals surface area contributed by atoms with E-state index in [-0.39, 0.29) is 0 Å².